The lowest BCUT2D eigenvalue weighted by molar-refractivity contribution is 0.190. The molecule has 0 spiro atoms. The second-order valence-corrected chi connectivity index (χ2v) is 8.30. The predicted octanol–water partition coefficient (Wildman–Crippen LogP) is 0.650. The minimum Gasteiger partial charge on any atom is -0.772 e. The van der Waals surface area contributed by atoms with Crippen LogP contribution in [0.5, 0.6) is 0 Å². The predicted molar refractivity (Wildman–Crippen MR) is 119 cm³/mol. The molecule has 1 fully saturated rings. The fourth-order valence-corrected chi connectivity index (χ4v) is 4.47. The first-order valence-corrected chi connectivity index (χ1v) is 11.2. The van der Waals surface area contributed by atoms with E-state index in [1.54, 1.807) is 12.4 Å². The number of aromatic nitrogens is 4. The second-order valence-electron chi connectivity index (χ2n) is 7.41. The Morgan fingerprint density at radius 1 is 1.16 bits per heavy atom. The van der Waals surface area contributed by atoms with E-state index in [2.05, 4.69) is 30.0 Å². The number of nitrogens with one attached hydrogen (secondary N) is 1. The Hall–Kier alpha value is -2.86. The SMILES string of the molecule is NCC(c1ccc(CS(=O)[O-])cc1)N1CCN(c2ncnc(N)c2-c2cn[nH]c2)CC1. The van der Waals surface area contributed by atoms with Crippen LogP contribution in [0.15, 0.2) is 43.0 Å². The van der Waals surface area contributed by atoms with Gasteiger partial charge in [-0.25, -0.2) is 9.97 Å². The Bertz CT molecular complexity index is 1020. The molecular weight excluding hydrogens is 416 g/mol. The van der Waals surface area contributed by atoms with E-state index in [0.717, 1.165) is 54.3 Å². The summed E-state index contributed by atoms with van der Waals surface area (Å²) in [7, 11) is 0. The van der Waals surface area contributed by atoms with Gasteiger partial charge in [0, 0.05) is 56.3 Å². The van der Waals surface area contributed by atoms with E-state index in [0.29, 0.717) is 12.4 Å². The number of hydrogen-bond acceptors (Lipinski definition) is 9. The van der Waals surface area contributed by atoms with Crippen molar-refractivity contribution in [3.63, 3.8) is 0 Å². The molecule has 3 aromatic rings. The number of nitrogens with two attached hydrogens (primary N) is 2. The van der Waals surface area contributed by atoms with E-state index in [4.69, 9.17) is 11.5 Å². The Kier molecular flexibility index (Phi) is 6.56. The smallest absolute Gasteiger partial charge is 0.142 e. The van der Waals surface area contributed by atoms with Crippen LogP contribution in [0.3, 0.4) is 0 Å². The van der Waals surface area contributed by atoms with Crippen LogP contribution in [0.4, 0.5) is 11.6 Å². The van der Waals surface area contributed by atoms with E-state index in [1.807, 2.05) is 24.3 Å². The van der Waals surface area contributed by atoms with Crippen molar-refractivity contribution in [1.29, 1.82) is 0 Å². The van der Waals surface area contributed by atoms with Crippen molar-refractivity contribution in [3.8, 4) is 11.1 Å². The highest BCUT2D eigenvalue weighted by Gasteiger charge is 2.27. The molecule has 2 unspecified atom stereocenters. The maximum Gasteiger partial charge on any atom is 0.142 e. The lowest BCUT2D eigenvalue weighted by Gasteiger charge is -2.40. The number of rotatable bonds is 7. The van der Waals surface area contributed by atoms with E-state index >= 15 is 0 Å². The monoisotopic (exact) mass is 441 g/mol. The Balaban J connectivity index is 1.47. The summed E-state index contributed by atoms with van der Waals surface area (Å²) in [5.41, 5.74) is 15.8. The molecule has 4 rings (SSSR count). The van der Waals surface area contributed by atoms with Gasteiger partial charge in [0.25, 0.3) is 0 Å². The summed E-state index contributed by atoms with van der Waals surface area (Å²) in [5.74, 6) is 1.24. The molecule has 1 aliphatic rings. The topological polar surface area (TPSA) is 153 Å². The molecule has 1 saturated heterocycles. The summed E-state index contributed by atoms with van der Waals surface area (Å²) in [4.78, 5) is 13.2. The number of piperazine rings is 1. The van der Waals surface area contributed by atoms with Crippen LogP contribution in [0.1, 0.15) is 17.2 Å². The molecule has 1 aliphatic heterocycles. The number of hydrogen-bond donors (Lipinski definition) is 3. The molecule has 3 heterocycles. The van der Waals surface area contributed by atoms with Crippen molar-refractivity contribution in [2.75, 3.05) is 43.4 Å². The van der Waals surface area contributed by atoms with Crippen molar-refractivity contribution in [2.24, 2.45) is 5.73 Å². The maximum atomic E-state index is 10.9. The lowest BCUT2D eigenvalue weighted by atomic mass is 10.0. The highest BCUT2D eigenvalue weighted by atomic mass is 32.2. The minimum atomic E-state index is -2.09. The van der Waals surface area contributed by atoms with Gasteiger partial charge in [-0.05, 0) is 11.1 Å². The molecule has 0 saturated carbocycles. The first-order chi connectivity index (χ1) is 15.1. The van der Waals surface area contributed by atoms with Crippen LogP contribution in [-0.2, 0) is 16.8 Å². The fraction of sp³-hybridized carbons (Fsp3) is 0.350. The van der Waals surface area contributed by atoms with Crippen molar-refractivity contribution in [2.45, 2.75) is 11.8 Å². The van der Waals surface area contributed by atoms with Gasteiger partial charge < -0.3 is 20.9 Å². The van der Waals surface area contributed by atoms with Crippen LogP contribution < -0.4 is 16.4 Å². The van der Waals surface area contributed by atoms with Gasteiger partial charge in [-0.1, -0.05) is 35.3 Å². The minimum absolute atomic E-state index is 0.0211. The maximum absolute atomic E-state index is 10.9. The van der Waals surface area contributed by atoms with Gasteiger partial charge in [-0.15, -0.1) is 0 Å². The molecule has 0 bridgehead atoms. The van der Waals surface area contributed by atoms with Crippen molar-refractivity contribution >= 4 is 22.7 Å². The molecule has 0 radical (unpaired) electrons. The van der Waals surface area contributed by atoms with Crippen LogP contribution >= 0.6 is 0 Å². The summed E-state index contributed by atoms with van der Waals surface area (Å²) in [6, 6.07) is 7.70. The largest absolute Gasteiger partial charge is 0.772 e. The number of H-pyrrole nitrogens is 1. The highest BCUT2D eigenvalue weighted by molar-refractivity contribution is 7.78. The molecule has 0 aliphatic carbocycles. The summed E-state index contributed by atoms with van der Waals surface area (Å²) >= 11 is -2.09. The third-order valence-electron chi connectivity index (χ3n) is 5.57. The van der Waals surface area contributed by atoms with Crippen LogP contribution in [0, 0.1) is 0 Å². The lowest BCUT2D eigenvalue weighted by Crippen LogP contribution is -2.49. The second kappa shape index (κ2) is 9.52. The third-order valence-corrected chi connectivity index (χ3v) is 6.14. The molecule has 5 N–H and O–H groups in total. The number of nitrogen functional groups attached to an aromatic ring is 1. The number of anilines is 2. The molecule has 0 amide bonds. The number of aromatic amines is 1. The standard InChI is InChI=1S/C20H26N8O2S/c21-9-17(15-3-1-14(2-4-15)12-31(29)30)27-5-7-28(8-6-27)20-18(16-10-25-26-11-16)19(22)23-13-24-20/h1-4,10-11,13,17H,5-9,12,21H2,(H,25,26)(H,29,30)(H2,22,23,24)/p-1. The van der Waals surface area contributed by atoms with Gasteiger partial charge >= 0.3 is 0 Å². The van der Waals surface area contributed by atoms with E-state index in [-0.39, 0.29) is 11.8 Å². The molecule has 11 heteroatoms. The summed E-state index contributed by atoms with van der Waals surface area (Å²) < 4.78 is 21.8. The van der Waals surface area contributed by atoms with Gasteiger partial charge in [0.15, 0.2) is 0 Å². The molecular formula is C20H25N8O2S-. The third kappa shape index (κ3) is 4.74. The van der Waals surface area contributed by atoms with Crippen molar-refractivity contribution < 1.29 is 8.76 Å². The molecule has 10 nitrogen and oxygen atoms in total. The Morgan fingerprint density at radius 3 is 2.52 bits per heavy atom. The zero-order valence-corrected chi connectivity index (χ0v) is 17.8. The molecule has 2 aromatic heterocycles. The average molecular weight is 442 g/mol. The first kappa shape index (κ1) is 21.4. The molecule has 31 heavy (non-hydrogen) atoms. The quantitative estimate of drug-likeness (QED) is 0.448. The van der Waals surface area contributed by atoms with Gasteiger partial charge in [0.1, 0.15) is 18.0 Å². The zero-order chi connectivity index (χ0) is 21.8. The number of benzene rings is 1. The molecule has 2 atom stereocenters. The molecule has 164 valence electrons. The Morgan fingerprint density at radius 2 is 1.90 bits per heavy atom. The van der Waals surface area contributed by atoms with Gasteiger partial charge in [-0.3, -0.25) is 14.2 Å². The highest BCUT2D eigenvalue weighted by Crippen LogP contribution is 2.33. The van der Waals surface area contributed by atoms with Gasteiger partial charge in [0.05, 0.1) is 11.8 Å². The van der Waals surface area contributed by atoms with E-state index in [9.17, 15) is 8.76 Å². The van der Waals surface area contributed by atoms with Crippen LogP contribution in [0.2, 0.25) is 0 Å². The van der Waals surface area contributed by atoms with E-state index < -0.39 is 11.1 Å². The Labute approximate surface area is 183 Å². The summed E-state index contributed by atoms with van der Waals surface area (Å²) in [6.07, 6.45) is 4.98. The van der Waals surface area contributed by atoms with Crippen LogP contribution in [-0.4, -0.2) is 66.6 Å². The summed E-state index contributed by atoms with van der Waals surface area (Å²) in [6.45, 7) is 3.63. The van der Waals surface area contributed by atoms with Gasteiger partial charge in [-0.2, -0.15) is 5.10 Å². The van der Waals surface area contributed by atoms with Crippen molar-refractivity contribution in [1.82, 2.24) is 25.1 Å². The fourth-order valence-electron chi connectivity index (χ4n) is 4.01. The zero-order valence-electron chi connectivity index (χ0n) is 17.0. The average Bonchev–Trinajstić information content (AvgIpc) is 3.30. The first-order valence-electron chi connectivity index (χ1n) is 10.00. The van der Waals surface area contributed by atoms with E-state index in [1.165, 1.54) is 6.33 Å². The normalized spacial score (nSPS) is 16.9. The summed E-state index contributed by atoms with van der Waals surface area (Å²) in [5, 5.41) is 6.83. The van der Waals surface area contributed by atoms with Gasteiger partial charge in [0.2, 0.25) is 0 Å². The number of nitrogens with zero attached hydrogens (tertiary/aromatic N) is 5. The molecule has 1 aromatic carbocycles. The van der Waals surface area contributed by atoms with Crippen molar-refractivity contribution in [3.05, 3.63) is 54.1 Å². The van der Waals surface area contributed by atoms with Crippen LogP contribution in [0.25, 0.3) is 11.1 Å².